The molecule has 0 radical (unpaired) electrons. The first-order valence-electron chi connectivity index (χ1n) is 3.56. The Balaban J connectivity index is 2.45. The highest BCUT2D eigenvalue weighted by Crippen LogP contribution is 2.25. The van der Waals surface area contributed by atoms with Crippen molar-refractivity contribution < 1.29 is 5.11 Å². The molecule has 0 fully saturated rings. The zero-order valence-electron chi connectivity index (χ0n) is 6.04. The monoisotopic (exact) mass is 126 g/mol. The fourth-order valence-corrected chi connectivity index (χ4v) is 1.32. The van der Waals surface area contributed by atoms with E-state index in [1.807, 2.05) is 6.08 Å². The van der Waals surface area contributed by atoms with Crippen molar-refractivity contribution in [1.29, 1.82) is 0 Å². The molecule has 2 atom stereocenters. The molecule has 1 rings (SSSR count). The second-order valence-electron chi connectivity index (χ2n) is 3.06. The van der Waals surface area contributed by atoms with Crippen LogP contribution < -0.4 is 0 Å². The molecule has 9 heavy (non-hydrogen) atoms. The topological polar surface area (TPSA) is 20.2 Å². The molecule has 0 aromatic rings. The molecule has 52 valence electrons. The third kappa shape index (κ3) is 1.33. The second-order valence-corrected chi connectivity index (χ2v) is 3.06. The van der Waals surface area contributed by atoms with E-state index in [0.29, 0.717) is 11.8 Å². The van der Waals surface area contributed by atoms with Gasteiger partial charge >= 0.3 is 0 Å². The molecule has 1 nitrogen and oxygen atoms in total. The highest BCUT2D eigenvalue weighted by atomic mass is 16.3. The van der Waals surface area contributed by atoms with Gasteiger partial charge in [0.05, 0.1) is 6.10 Å². The normalized spacial score (nSPS) is 34.2. The van der Waals surface area contributed by atoms with Crippen LogP contribution in [0.1, 0.15) is 20.3 Å². The third-order valence-corrected chi connectivity index (χ3v) is 2.04. The number of rotatable bonds is 1. The summed E-state index contributed by atoms with van der Waals surface area (Å²) in [6.07, 6.45) is 4.84. The lowest BCUT2D eigenvalue weighted by Gasteiger charge is -2.17. The maximum absolute atomic E-state index is 9.27. The van der Waals surface area contributed by atoms with Crippen molar-refractivity contribution in [3.05, 3.63) is 12.2 Å². The zero-order valence-corrected chi connectivity index (χ0v) is 6.04. The molecule has 0 bridgehead atoms. The van der Waals surface area contributed by atoms with E-state index < -0.39 is 0 Å². The van der Waals surface area contributed by atoms with Crippen LogP contribution in [0.15, 0.2) is 12.2 Å². The van der Waals surface area contributed by atoms with Crippen LogP contribution in [-0.2, 0) is 0 Å². The largest absolute Gasteiger partial charge is 0.389 e. The minimum Gasteiger partial charge on any atom is -0.389 e. The highest BCUT2D eigenvalue weighted by Gasteiger charge is 2.22. The summed E-state index contributed by atoms with van der Waals surface area (Å²) in [5.74, 6) is 1.08. The zero-order chi connectivity index (χ0) is 6.85. The van der Waals surface area contributed by atoms with E-state index in [9.17, 15) is 5.11 Å². The average Bonchev–Trinajstić information content (AvgIpc) is 2.13. The summed E-state index contributed by atoms with van der Waals surface area (Å²) >= 11 is 0. The van der Waals surface area contributed by atoms with Crippen LogP contribution >= 0.6 is 0 Å². The molecule has 0 saturated carbocycles. The summed E-state index contributed by atoms with van der Waals surface area (Å²) in [6.45, 7) is 4.31. The Kier molecular flexibility index (Phi) is 1.91. The molecular weight excluding hydrogens is 112 g/mol. The Morgan fingerprint density at radius 2 is 2.22 bits per heavy atom. The number of aliphatic hydroxyl groups excluding tert-OH is 1. The lowest BCUT2D eigenvalue weighted by Crippen LogP contribution is -2.18. The van der Waals surface area contributed by atoms with Crippen LogP contribution in [-0.4, -0.2) is 11.2 Å². The lowest BCUT2D eigenvalue weighted by molar-refractivity contribution is 0.136. The van der Waals surface area contributed by atoms with Gasteiger partial charge in [0.25, 0.3) is 0 Å². The van der Waals surface area contributed by atoms with E-state index in [4.69, 9.17) is 0 Å². The number of aliphatic hydroxyl groups is 1. The summed E-state index contributed by atoms with van der Waals surface area (Å²) in [5.41, 5.74) is 0. The van der Waals surface area contributed by atoms with Crippen LogP contribution in [0.2, 0.25) is 0 Å². The molecule has 2 unspecified atom stereocenters. The van der Waals surface area contributed by atoms with Gasteiger partial charge in [-0.1, -0.05) is 26.0 Å². The molecule has 0 spiro atoms. The third-order valence-electron chi connectivity index (χ3n) is 2.04. The minimum absolute atomic E-state index is 0.176. The molecule has 1 N–H and O–H groups in total. The van der Waals surface area contributed by atoms with E-state index in [2.05, 4.69) is 19.9 Å². The molecular formula is C8H14O. The molecule has 0 aromatic heterocycles. The molecule has 1 heteroatoms. The van der Waals surface area contributed by atoms with Crippen LogP contribution in [0.3, 0.4) is 0 Å². The minimum atomic E-state index is -0.176. The number of hydrogen-bond acceptors (Lipinski definition) is 1. The lowest BCUT2D eigenvalue weighted by atomic mass is 9.92. The van der Waals surface area contributed by atoms with Gasteiger partial charge in [-0.15, -0.1) is 0 Å². The quantitative estimate of drug-likeness (QED) is 0.529. The summed E-state index contributed by atoms with van der Waals surface area (Å²) in [4.78, 5) is 0. The van der Waals surface area contributed by atoms with E-state index >= 15 is 0 Å². The van der Waals surface area contributed by atoms with Gasteiger partial charge in [-0.2, -0.15) is 0 Å². The van der Waals surface area contributed by atoms with Gasteiger partial charge in [-0.05, 0) is 18.3 Å². The Labute approximate surface area is 56.4 Å². The van der Waals surface area contributed by atoms with Gasteiger partial charge in [-0.3, -0.25) is 0 Å². The SMILES string of the molecule is CC(C)C1CC=CC1O. The first-order chi connectivity index (χ1) is 4.22. The Bertz CT molecular complexity index is 116. The van der Waals surface area contributed by atoms with Crippen LogP contribution in [0, 0.1) is 11.8 Å². The van der Waals surface area contributed by atoms with Gasteiger partial charge < -0.3 is 5.11 Å². The molecule has 0 aliphatic heterocycles. The second kappa shape index (κ2) is 2.53. The summed E-state index contributed by atoms with van der Waals surface area (Å²) < 4.78 is 0. The van der Waals surface area contributed by atoms with Crippen molar-refractivity contribution >= 4 is 0 Å². The smallest absolute Gasteiger partial charge is 0.0754 e. The molecule has 0 saturated heterocycles. The molecule has 0 amide bonds. The maximum atomic E-state index is 9.27. The number of allylic oxidation sites excluding steroid dienone is 1. The summed E-state index contributed by atoms with van der Waals surface area (Å²) in [7, 11) is 0. The van der Waals surface area contributed by atoms with Crippen molar-refractivity contribution in [3.8, 4) is 0 Å². The summed E-state index contributed by atoms with van der Waals surface area (Å²) in [6, 6.07) is 0. The summed E-state index contributed by atoms with van der Waals surface area (Å²) in [5, 5.41) is 9.27. The van der Waals surface area contributed by atoms with Crippen LogP contribution in [0.5, 0.6) is 0 Å². The van der Waals surface area contributed by atoms with Gasteiger partial charge in [0.15, 0.2) is 0 Å². The van der Waals surface area contributed by atoms with Crippen molar-refractivity contribution in [2.24, 2.45) is 11.8 Å². The average molecular weight is 126 g/mol. The fourth-order valence-electron chi connectivity index (χ4n) is 1.32. The van der Waals surface area contributed by atoms with Crippen molar-refractivity contribution in [1.82, 2.24) is 0 Å². The molecule has 0 aromatic carbocycles. The van der Waals surface area contributed by atoms with Crippen molar-refractivity contribution in [2.75, 3.05) is 0 Å². The molecule has 0 heterocycles. The van der Waals surface area contributed by atoms with Gasteiger partial charge in [-0.25, -0.2) is 0 Å². The van der Waals surface area contributed by atoms with E-state index in [1.54, 1.807) is 0 Å². The fraction of sp³-hybridized carbons (Fsp3) is 0.750. The predicted molar refractivity (Wildman–Crippen MR) is 38.1 cm³/mol. The molecule has 1 aliphatic carbocycles. The highest BCUT2D eigenvalue weighted by molar-refractivity contribution is 5.02. The maximum Gasteiger partial charge on any atom is 0.0754 e. The van der Waals surface area contributed by atoms with Crippen molar-refractivity contribution in [2.45, 2.75) is 26.4 Å². The van der Waals surface area contributed by atoms with Crippen molar-refractivity contribution in [3.63, 3.8) is 0 Å². The predicted octanol–water partition coefficient (Wildman–Crippen LogP) is 1.58. The van der Waals surface area contributed by atoms with Crippen LogP contribution in [0.4, 0.5) is 0 Å². The Hall–Kier alpha value is -0.300. The standard InChI is InChI=1S/C8H14O/c1-6(2)7-4-3-5-8(7)9/h3,5-9H,4H2,1-2H3. The first kappa shape index (κ1) is 6.81. The van der Waals surface area contributed by atoms with Gasteiger partial charge in [0.2, 0.25) is 0 Å². The first-order valence-corrected chi connectivity index (χ1v) is 3.56. The van der Waals surface area contributed by atoms with Crippen LogP contribution in [0.25, 0.3) is 0 Å². The Morgan fingerprint density at radius 3 is 2.44 bits per heavy atom. The molecule has 1 aliphatic rings. The van der Waals surface area contributed by atoms with Gasteiger partial charge in [0.1, 0.15) is 0 Å². The Morgan fingerprint density at radius 1 is 1.56 bits per heavy atom. The van der Waals surface area contributed by atoms with E-state index in [-0.39, 0.29) is 6.10 Å². The van der Waals surface area contributed by atoms with E-state index in [0.717, 1.165) is 6.42 Å². The van der Waals surface area contributed by atoms with E-state index in [1.165, 1.54) is 0 Å². The number of hydrogen-bond donors (Lipinski definition) is 1. The van der Waals surface area contributed by atoms with Gasteiger partial charge in [0, 0.05) is 0 Å².